The van der Waals surface area contributed by atoms with Gasteiger partial charge in [-0.1, -0.05) is 18.2 Å². The first-order valence-electron chi connectivity index (χ1n) is 7.86. The van der Waals surface area contributed by atoms with Crippen LogP contribution in [0.2, 0.25) is 0 Å². The molecule has 4 nitrogen and oxygen atoms in total. The molecule has 2 aliphatic rings. The topological polar surface area (TPSA) is 45.3 Å². The summed E-state index contributed by atoms with van der Waals surface area (Å²) in [6.07, 6.45) is 0.874. The van der Waals surface area contributed by atoms with Crippen LogP contribution >= 0.6 is 0 Å². The Morgan fingerprint density at radius 3 is 2.96 bits per heavy atom. The van der Waals surface area contributed by atoms with Gasteiger partial charge in [0.25, 0.3) is 5.91 Å². The van der Waals surface area contributed by atoms with Gasteiger partial charge in [0, 0.05) is 28.7 Å². The molecule has 0 bridgehead atoms. The first-order valence-corrected chi connectivity index (χ1v) is 7.86. The molecule has 3 heterocycles. The fourth-order valence-corrected chi connectivity index (χ4v) is 4.02. The fourth-order valence-electron chi connectivity index (χ4n) is 4.02. The van der Waals surface area contributed by atoms with Crippen molar-refractivity contribution in [2.75, 3.05) is 13.7 Å². The predicted octanol–water partition coefficient (Wildman–Crippen LogP) is 3.28. The predicted molar refractivity (Wildman–Crippen MR) is 87.9 cm³/mol. The molecule has 0 saturated carbocycles. The van der Waals surface area contributed by atoms with Crippen molar-refractivity contribution in [3.63, 3.8) is 0 Å². The minimum Gasteiger partial charge on any atom is -0.497 e. The van der Waals surface area contributed by atoms with Gasteiger partial charge in [0.1, 0.15) is 5.75 Å². The quantitative estimate of drug-likeness (QED) is 0.750. The van der Waals surface area contributed by atoms with Gasteiger partial charge in [-0.25, -0.2) is 0 Å². The molecule has 114 valence electrons. The molecule has 1 aromatic heterocycles. The van der Waals surface area contributed by atoms with Crippen LogP contribution in [0.5, 0.6) is 5.75 Å². The number of amides is 1. The van der Waals surface area contributed by atoms with Gasteiger partial charge >= 0.3 is 0 Å². The SMILES string of the molecule is COc1ccc2[nH]c3c(c2c1)CCN1C(=O)c2ccccc2C31. The second kappa shape index (κ2) is 4.38. The van der Waals surface area contributed by atoms with Gasteiger partial charge in [-0.2, -0.15) is 0 Å². The lowest BCUT2D eigenvalue weighted by Crippen LogP contribution is -2.34. The molecule has 23 heavy (non-hydrogen) atoms. The van der Waals surface area contributed by atoms with Crippen LogP contribution in [0.3, 0.4) is 0 Å². The van der Waals surface area contributed by atoms with E-state index in [9.17, 15) is 4.79 Å². The van der Waals surface area contributed by atoms with Crippen LogP contribution in [-0.4, -0.2) is 29.4 Å². The smallest absolute Gasteiger partial charge is 0.255 e. The number of rotatable bonds is 1. The van der Waals surface area contributed by atoms with Crippen LogP contribution in [0, 0.1) is 0 Å². The van der Waals surface area contributed by atoms with Crippen molar-refractivity contribution in [2.24, 2.45) is 0 Å². The zero-order valence-electron chi connectivity index (χ0n) is 12.8. The largest absolute Gasteiger partial charge is 0.497 e. The van der Waals surface area contributed by atoms with E-state index in [-0.39, 0.29) is 11.9 Å². The summed E-state index contributed by atoms with van der Waals surface area (Å²) in [4.78, 5) is 18.2. The van der Waals surface area contributed by atoms with Gasteiger partial charge in [-0.05, 0) is 41.8 Å². The van der Waals surface area contributed by atoms with Crippen molar-refractivity contribution < 1.29 is 9.53 Å². The maximum Gasteiger partial charge on any atom is 0.255 e. The number of aromatic nitrogens is 1. The minimum atomic E-state index is 0.0147. The van der Waals surface area contributed by atoms with E-state index in [4.69, 9.17) is 4.74 Å². The molecular formula is C19H16N2O2. The van der Waals surface area contributed by atoms with Gasteiger partial charge in [-0.15, -0.1) is 0 Å². The number of benzene rings is 2. The van der Waals surface area contributed by atoms with E-state index < -0.39 is 0 Å². The van der Waals surface area contributed by atoms with E-state index in [0.29, 0.717) is 0 Å². The molecule has 0 saturated heterocycles. The highest BCUT2D eigenvalue weighted by Gasteiger charge is 2.41. The molecule has 2 aliphatic heterocycles. The van der Waals surface area contributed by atoms with E-state index in [1.165, 1.54) is 10.9 Å². The van der Waals surface area contributed by atoms with Gasteiger partial charge < -0.3 is 14.6 Å². The highest BCUT2D eigenvalue weighted by atomic mass is 16.5. The minimum absolute atomic E-state index is 0.0147. The molecule has 1 amide bonds. The third-order valence-corrected chi connectivity index (χ3v) is 5.08. The molecular weight excluding hydrogens is 288 g/mol. The van der Waals surface area contributed by atoms with E-state index >= 15 is 0 Å². The lowest BCUT2D eigenvalue weighted by molar-refractivity contribution is 0.0738. The molecule has 1 N–H and O–H groups in total. The molecule has 5 rings (SSSR count). The lowest BCUT2D eigenvalue weighted by atomic mass is 9.94. The van der Waals surface area contributed by atoms with Crippen LogP contribution in [-0.2, 0) is 6.42 Å². The number of carbonyl (C=O) groups excluding carboxylic acids is 1. The molecule has 0 radical (unpaired) electrons. The number of carbonyl (C=O) groups is 1. The summed E-state index contributed by atoms with van der Waals surface area (Å²) in [6, 6.07) is 14.1. The number of ether oxygens (including phenoxy) is 1. The van der Waals surface area contributed by atoms with Crippen molar-refractivity contribution in [2.45, 2.75) is 12.5 Å². The zero-order chi connectivity index (χ0) is 15.6. The number of aromatic amines is 1. The number of nitrogens with zero attached hydrogens (tertiary/aromatic N) is 1. The fraction of sp³-hybridized carbons (Fsp3) is 0.211. The molecule has 0 spiro atoms. The molecule has 4 heteroatoms. The number of hydrogen-bond donors (Lipinski definition) is 1. The number of H-pyrrole nitrogens is 1. The first-order chi connectivity index (χ1) is 11.3. The Kier molecular flexibility index (Phi) is 2.43. The molecule has 0 aliphatic carbocycles. The van der Waals surface area contributed by atoms with Gasteiger partial charge in [-0.3, -0.25) is 4.79 Å². The van der Waals surface area contributed by atoms with E-state index in [1.54, 1.807) is 7.11 Å². The monoisotopic (exact) mass is 304 g/mol. The zero-order valence-corrected chi connectivity index (χ0v) is 12.8. The Morgan fingerprint density at radius 2 is 2.09 bits per heavy atom. The third kappa shape index (κ3) is 1.58. The van der Waals surface area contributed by atoms with Crippen molar-refractivity contribution in [3.05, 3.63) is 64.8 Å². The molecule has 1 atom stereocenters. The van der Waals surface area contributed by atoms with Crippen LogP contribution in [0.15, 0.2) is 42.5 Å². The molecule has 2 aromatic carbocycles. The molecule has 0 fully saturated rings. The summed E-state index contributed by atoms with van der Waals surface area (Å²) < 4.78 is 5.36. The number of hydrogen-bond acceptors (Lipinski definition) is 2. The van der Waals surface area contributed by atoms with Crippen LogP contribution in [0.25, 0.3) is 10.9 Å². The van der Waals surface area contributed by atoms with Gasteiger partial charge in [0.15, 0.2) is 0 Å². The standard InChI is InChI=1S/C19H16N2O2/c1-23-11-6-7-16-15(10-11)12-8-9-21-18(17(12)20-16)13-4-2-3-5-14(13)19(21)22/h2-7,10,18,20H,8-9H2,1H3. The van der Waals surface area contributed by atoms with Crippen molar-refractivity contribution in [1.82, 2.24) is 9.88 Å². The maximum atomic E-state index is 12.6. The number of nitrogens with one attached hydrogen (secondary N) is 1. The van der Waals surface area contributed by atoms with Gasteiger partial charge in [0.2, 0.25) is 0 Å². The number of methoxy groups -OCH3 is 1. The highest BCUT2D eigenvalue weighted by molar-refractivity contribution is 6.00. The molecule has 3 aromatic rings. The van der Waals surface area contributed by atoms with Crippen LogP contribution in [0.1, 0.15) is 33.2 Å². The lowest BCUT2D eigenvalue weighted by Gasteiger charge is -2.30. The van der Waals surface area contributed by atoms with E-state index in [2.05, 4.69) is 23.2 Å². The highest BCUT2D eigenvalue weighted by Crippen LogP contribution is 2.44. The average molecular weight is 304 g/mol. The second-order valence-electron chi connectivity index (χ2n) is 6.17. The van der Waals surface area contributed by atoms with Crippen LogP contribution in [0.4, 0.5) is 0 Å². The van der Waals surface area contributed by atoms with E-state index in [1.807, 2.05) is 29.2 Å². The van der Waals surface area contributed by atoms with Crippen molar-refractivity contribution >= 4 is 16.8 Å². The maximum absolute atomic E-state index is 12.6. The first kappa shape index (κ1) is 12.8. The summed E-state index contributed by atoms with van der Waals surface area (Å²) in [5.41, 5.74) is 5.51. The third-order valence-electron chi connectivity index (χ3n) is 5.08. The summed E-state index contributed by atoms with van der Waals surface area (Å²) in [5.74, 6) is 1.01. The average Bonchev–Trinajstić information content (AvgIpc) is 3.10. The Hall–Kier alpha value is -2.75. The second-order valence-corrected chi connectivity index (χ2v) is 6.17. The van der Waals surface area contributed by atoms with Gasteiger partial charge in [0.05, 0.1) is 13.2 Å². The summed E-state index contributed by atoms with van der Waals surface area (Å²) in [7, 11) is 1.69. The molecule has 1 unspecified atom stereocenters. The number of fused-ring (bicyclic) bond motifs is 7. The summed E-state index contributed by atoms with van der Waals surface area (Å²) in [5, 5.41) is 1.20. The van der Waals surface area contributed by atoms with E-state index in [0.717, 1.165) is 41.1 Å². The Bertz CT molecular complexity index is 957. The van der Waals surface area contributed by atoms with Crippen LogP contribution < -0.4 is 4.74 Å². The summed E-state index contributed by atoms with van der Waals surface area (Å²) >= 11 is 0. The van der Waals surface area contributed by atoms with Crippen molar-refractivity contribution in [1.29, 1.82) is 0 Å². The summed E-state index contributed by atoms with van der Waals surface area (Å²) in [6.45, 7) is 0.759. The Morgan fingerprint density at radius 1 is 1.22 bits per heavy atom. The Balaban J connectivity index is 1.76. The normalized spacial score (nSPS) is 18.7. The Labute approximate surface area is 133 Å². The van der Waals surface area contributed by atoms with Crippen molar-refractivity contribution in [3.8, 4) is 5.75 Å².